The van der Waals surface area contributed by atoms with Crippen molar-refractivity contribution in [3.8, 4) is 0 Å². The molecule has 0 unspecified atom stereocenters. The summed E-state index contributed by atoms with van der Waals surface area (Å²) >= 11 is 1.96. The maximum atomic E-state index is 3.54. The predicted octanol–water partition coefficient (Wildman–Crippen LogP) is 4.28. The summed E-state index contributed by atoms with van der Waals surface area (Å²) < 4.78 is 0. The van der Waals surface area contributed by atoms with Gasteiger partial charge in [0.25, 0.3) is 0 Å². The van der Waals surface area contributed by atoms with Gasteiger partial charge in [-0.05, 0) is 50.9 Å². The van der Waals surface area contributed by atoms with Crippen molar-refractivity contribution in [2.24, 2.45) is 5.92 Å². The molecule has 0 aliphatic carbocycles. The molecule has 1 rings (SSSR count). The van der Waals surface area contributed by atoms with Gasteiger partial charge in [0.1, 0.15) is 0 Å². The van der Waals surface area contributed by atoms with E-state index in [-0.39, 0.29) is 0 Å². The molecule has 17 heavy (non-hydrogen) atoms. The van der Waals surface area contributed by atoms with Crippen LogP contribution in [0, 0.1) is 19.8 Å². The lowest BCUT2D eigenvalue weighted by Gasteiger charge is -2.25. The molecule has 0 fully saturated rings. The van der Waals surface area contributed by atoms with Gasteiger partial charge in [-0.15, -0.1) is 11.3 Å². The molecule has 0 amide bonds. The second-order valence-electron chi connectivity index (χ2n) is 6.10. The Morgan fingerprint density at radius 2 is 1.94 bits per heavy atom. The highest BCUT2D eigenvalue weighted by atomic mass is 32.1. The fourth-order valence-electron chi connectivity index (χ4n) is 2.22. The lowest BCUT2D eigenvalue weighted by atomic mass is 9.85. The van der Waals surface area contributed by atoms with E-state index in [1.807, 2.05) is 11.3 Å². The van der Waals surface area contributed by atoms with Gasteiger partial charge in [0.2, 0.25) is 0 Å². The lowest BCUT2D eigenvalue weighted by molar-refractivity contribution is 0.447. The third kappa shape index (κ3) is 4.44. The molecular formula is C15H27NS. The summed E-state index contributed by atoms with van der Waals surface area (Å²) in [6, 6.07) is 2.31. The van der Waals surface area contributed by atoms with Crippen LogP contribution in [0.1, 0.15) is 49.4 Å². The minimum absolute atomic E-state index is 0.299. The first-order valence-corrected chi connectivity index (χ1v) is 7.43. The van der Waals surface area contributed by atoms with Crippen molar-refractivity contribution in [2.45, 2.75) is 53.4 Å². The predicted molar refractivity (Wildman–Crippen MR) is 79.1 cm³/mol. The van der Waals surface area contributed by atoms with E-state index >= 15 is 0 Å². The molecule has 0 spiro atoms. The molecule has 0 aliphatic heterocycles. The number of thiophene rings is 1. The SMILES string of the molecule is Cc1cc(C)c(C(C)(C)CCNCC(C)C)s1. The average molecular weight is 253 g/mol. The zero-order valence-electron chi connectivity index (χ0n) is 12.2. The first-order chi connectivity index (χ1) is 7.83. The molecule has 0 bridgehead atoms. The van der Waals surface area contributed by atoms with Crippen LogP contribution < -0.4 is 5.32 Å². The standard InChI is InChI=1S/C15H27NS/c1-11(2)10-16-8-7-15(5,6)14-12(3)9-13(4)17-14/h9,11,16H,7-8,10H2,1-6H3. The van der Waals surface area contributed by atoms with Crippen molar-refractivity contribution in [1.29, 1.82) is 0 Å². The zero-order chi connectivity index (χ0) is 13.1. The van der Waals surface area contributed by atoms with E-state index in [2.05, 4.69) is 52.9 Å². The number of hydrogen-bond donors (Lipinski definition) is 1. The first kappa shape index (κ1) is 14.7. The second-order valence-corrected chi connectivity index (χ2v) is 7.36. The molecule has 0 aromatic carbocycles. The summed E-state index contributed by atoms with van der Waals surface area (Å²) in [6.07, 6.45) is 1.21. The maximum absolute atomic E-state index is 3.54. The van der Waals surface area contributed by atoms with Gasteiger partial charge >= 0.3 is 0 Å². The van der Waals surface area contributed by atoms with Crippen molar-refractivity contribution < 1.29 is 0 Å². The zero-order valence-corrected chi connectivity index (χ0v) is 13.0. The van der Waals surface area contributed by atoms with Gasteiger partial charge in [0.15, 0.2) is 0 Å². The molecule has 0 aliphatic rings. The van der Waals surface area contributed by atoms with Crippen LogP contribution in [0.25, 0.3) is 0 Å². The molecule has 0 atom stereocenters. The Balaban J connectivity index is 2.53. The summed E-state index contributed by atoms with van der Waals surface area (Å²) in [5, 5.41) is 3.54. The number of aryl methyl sites for hydroxylation is 2. The average Bonchev–Trinajstić information content (AvgIpc) is 2.53. The van der Waals surface area contributed by atoms with Crippen molar-refractivity contribution in [3.63, 3.8) is 0 Å². The van der Waals surface area contributed by atoms with Gasteiger partial charge < -0.3 is 5.32 Å². The molecule has 1 aromatic heterocycles. The first-order valence-electron chi connectivity index (χ1n) is 6.61. The minimum atomic E-state index is 0.299. The van der Waals surface area contributed by atoms with Gasteiger partial charge in [-0.25, -0.2) is 0 Å². The highest BCUT2D eigenvalue weighted by molar-refractivity contribution is 7.12. The number of rotatable bonds is 6. The van der Waals surface area contributed by atoms with E-state index in [0.29, 0.717) is 5.41 Å². The molecule has 1 heterocycles. The maximum Gasteiger partial charge on any atom is 0.0134 e. The molecule has 0 saturated heterocycles. The quantitative estimate of drug-likeness (QED) is 0.746. The van der Waals surface area contributed by atoms with Crippen LogP contribution >= 0.6 is 11.3 Å². The largest absolute Gasteiger partial charge is 0.316 e. The van der Waals surface area contributed by atoms with Gasteiger partial charge in [-0.3, -0.25) is 0 Å². The highest BCUT2D eigenvalue weighted by Gasteiger charge is 2.23. The number of nitrogens with one attached hydrogen (secondary N) is 1. The summed E-state index contributed by atoms with van der Waals surface area (Å²) in [6.45, 7) is 15.9. The van der Waals surface area contributed by atoms with Crippen LogP contribution in [-0.4, -0.2) is 13.1 Å². The van der Waals surface area contributed by atoms with E-state index in [0.717, 1.165) is 19.0 Å². The van der Waals surface area contributed by atoms with Crippen LogP contribution in [0.4, 0.5) is 0 Å². The van der Waals surface area contributed by atoms with Crippen molar-refractivity contribution in [3.05, 3.63) is 21.4 Å². The molecule has 2 heteroatoms. The molecule has 98 valence electrons. The van der Waals surface area contributed by atoms with Crippen molar-refractivity contribution in [1.82, 2.24) is 5.32 Å². The van der Waals surface area contributed by atoms with Crippen molar-refractivity contribution in [2.75, 3.05) is 13.1 Å². The lowest BCUT2D eigenvalue weighted by Crippen LogP contribution is -2.27. The van der Waals surface area contributed by atoms with Gasteiger partial charge in [-0.1, -0.05) is 27.7 Å². The van der Waals surface area contributed by atoms with E-state index < -0.39 is 0 Å². The van der Waals surface area contributed by atoms with Crippen molar-refractivity contribution >= 4 is 11.3 Å². The number of hydrogen-bond acceptors (Lipinski definition) is 2. The fourth-order valence-corrected chi connectivity index (χ4v) is 3.37. The van der Waals surface area contributed by atoms with Gasteiger partial charge in [-0.2, -0.15) is 0 Å². The fraction of sp³-hybridized carbons (Fsp3) is 0.733. The topological polar surface area (TPSA) is 12.0 Å². The molecule has 1 N–H and O–H groups in total. The van der Waals surface area contributed by atoms with E-state index in [1.165, 1.54) is 16.9 Å². The monoisotopic (exact) mass is 253 g/mol. The van der Waals surface area contributed by atoms with Crippen LogP contribution in [-0.2, 0) is 5.41 Å². The van der Waals surface area contributed by atoms with E-state index in [4.69, 9.17) is 0 Å². The smallest absolute Gasteiger partial charge is 0.0134 e. The Bertz CT molecular complexity index is 350. The van der Waals surface area contributed by atoms with Crippen LogP contribution in [0.3, 0.4) is 0 Å². The summed E-state index contributed by atoms with van der Waals surface area (Å²) in [7, 11) is 0. The second kappa shape index (κ2) is 6.01. The Hall–Kier alpha value is -0.340. The third-order valence-electron chi connectivity index (χ3n) is 3.14. The molecule has 1 aromatic rings. The summed E-state index contributed by atoms with van der Waals surface area (Å²) in [4.78, 5) is 2.99. The molecule has 0 saturated carbocycles. The molecule has 1 nitrogen and oxygen atoms in total. The normalized spacial score (nSPS) is 12.4. The van der Waals surface area contributed by atoms with E-state index in [1.54, 1.807) is 4.88 Å². The Kier molecular flexibility index (Phi) is 5.21. The third-order valence-corrected chi connectivity index (χ3v) is 4.65. The Morgan fingerprint density at radius 3 is 2.41 bits per heavy atom. The summed E-state index contributed by atoms with van der Waals surface area (Å²) in [5.41, 5.74) is 1.76. The van der Waals surface area contributed by atoms with Crippen LogP contribution in [0.2, 0.25) is 0 Å². The Morgan fingerprint density at radius 1 is 1.29 bits per heavy atom. The highest BCUT2D eigenvalue weighted by Crippen LogP contribution is 2.35. The van der Waals surface area contributed by atoms with Gasteiger partial charge in [0, 0.05) is 15.2 Å². The minimum Gasteiger partial charge on any atom is -0.316 e. The Labute approximate surface area is 111 Å². The van der Waals surface area contributed by atoms with Gasteiger partial charge in [0.05, 0.1) is 0 Å². The molecule has 0 radical (unpaired) electrons. The van der Waals surface area contributed by atoms with Crippen LogP contribution in [0.15, 0.2) is 6.07 Å². The molecular weight excluding hydrogens is 226 g/mol. The van der Waals surface area contributed by atoms with Crippen LogP contribution in [0.5, 0.6) is 0 Å². The summed E-state index contributed by atoms with van der Waals surface area (Å²) in [5.74, 6) is 0.740. The van der Waals surface area contributed by atoms with E-state index in [9.17, 15) is 0 Å².